The van der Waals surface area contributed by atoms with Gasteiger partial charge in [0.25, 0.3) is 0 Å². The van der Waals surface area contributed by atoms with Crippen molar-refractivity contribution in [1.29, 1.82) is 0 Å². The number of hydrogen-bond acceptors (Lipinski definition) is 5. The van der Waals surface area contributed by atoms with Crippen molar-refractivity contribution >= 4 is 21.7 Å². The molecule has 0 radical (unpaired) electrons. The summed E-state index contributed by atoms with van der Waals surface area (Å²) in [5.74, 6) is -2.66. The summed E-state index contributed by atoms with van der Waals surface area (Å²) >= 11 is 0. The number of sulfone groups is 1. The third-order valence-electron chi connectivity index (χ3n) is 9.24. The van der Waals surface area contributed by atoms with Gasteiger partial charge in [-0.1, -0.05) is 0 Å². The number of benzene rings is 1. The Hall–Kier alpha value is -3.30. The molecule has 2 heterocycles. The van der Waals surface area contributed by atoms with E-state index in [-0.39, 0.29) is 43.3 Å². The third kappa shape index (κ3) is 4.74. The Morgan fingerprint density at radius 1 is 0.909 bits per heavy atom. The maximum absolute atomic E-state index is 14.9. The number of likely N-dealkylation sites (tertiary alicyclic amines) is 1. The molecule has 240 valence electrons. The summed E-state index contributed by atoms with van der Waals surface area (Å²) in [7, 11) is -4.64. The van der Waals surface area contributed by atoms with E-state index in [1.54, 1.807) is 0 Å². The molecule has 3 aliphatic rings. The van der Waals surface area contributed by atoms with E-state index in [4.69, 9.17) is 5.73 Å². The second-order valence-corrected chi connectivity index (χ2v) is 13.7. The van der Waals surface area contributed by atoms with Crippen LogP contribution in [0.5, 0.6) is 0 Å². The molecule has 2 unspecified atom stereocenters. The fourth-order valence-electron chi connectivity index (χ4n) is 6.96. The SMILES string of the molecule is NC(=O)[C@H]1CC[C@H](C(=O)N2CCC3(S(=O)(=O)c4ccc(F)cc4)c4ncc(C(F)(C(F)(F)F)C(F)(F)F)cc4CCC23)CC1. The van der Waals surface area contributed by atoms with Crippen LogP contribution in [0.4, 0.5) is 35.1 Å². The average Bonchev–Trinajstić information content (AvgIpc) is 3.37. The smallest absolute Gasteiger partial charge is 0.369 e. The lowest BCUT2D eigenvalue weighted by atomic mass is 9.79. The lowest BCUT2D eigenvalue weighted by molar-refractivity contribution is -0.348. The highest BCUT2D eigenvalue weighted by atomic mass is 32.2. The Kier molecular flexibility index (Phi) is 7.77. The molecule has 2 fully saturated rings. The van der Waals surface area contributed by atoms with Gasteiger partial charge in [0.2, 0.25) is 11.8 Å². The molecule has 7 nitrogen and oxygen atoms in total. The van der Waals surface area contributed by atoms with E-state index in [1.807, 2.05) is 0 Å². The molecule has 2 atom stereocenters. The first-order chi connectivity index (χ1) is 20.4. The van der Waals surface area contributed by atoms with Gasteiger partial charge in [-0.05, 0) is 80.8 Å². The van der Waals surface area contributed by atoms with Crippen LogP contribution in [-0.2, 0) is 36.3 Å². The second kappa shape index (κ2) is 10.7. The van der Waals surface area contributed by atoms with Crippen LogP contribution in [0, 0.1) is 17.7 Å². The number of fused-ring (bicyclic) bond motifs is 3. The van der Waals surface area contributed by atoms with Crippen LogP contribution in [0.25, 0.3) is 0 Å². The molecule has 16 heteroatoms. The maximum Gasteiger partial charge on any atom is 0.436 e. The fourth-order valence-corrected chi connectivity index (χ4v) is 9.28. The highest BCUT2D eigenvalue weighted by Gasteiger charge is 2.74. The van der Waals surface area contributed by atoms with Crippen LogP contribution < -0.4 is 5.73 Å². The number of aryl methyl sites for hydroxylation is 1. The number of rotatable bonds is 5. The molecule has 0 bridgehead atoms. The van der Waals surface area contributed by atoms with Crippen LogP contribution in [-0.4, -0.2) is 55.1 Å². The van der Waals surface area contributed by atoms with Crippen LogP contribution in [0.3, 0.4) is 0 Å². The van der Waals surface area contributed by atoms with Crippen molar-refractivity contribution < 1.29 is 53.1 Å². The number of nitrogens with two attached hydrogens (primary N) is 1. The van der Waals surface area contributed by atoms with Crippen molar-refractivity contribution in [2.24, 2.45) is 17.6 Å². The van der Waals surface area contributed by atoms with Gasteiger partial charge >= 0.3 is 18.0 Å². The molecule has 44 heavy (non-hydrogen) atoms. The van der Waals surface area contributed by atoms with Crippen molar-refractivity contribution in [3.05, 3.63) is 59.2 Å². The van der Waals surface area contributed by atoms with Gasteiger partial charge in [-0.15, -0.1) is 0 Å². The van der Waals surface area contributed by atoms with Gasteiger partial charge < -0.3 is 10.6 Å². The first kappa shape index (κ1) is 32.1. The molecule has 0 spiro atoms. The Labute approximate surface area is 246 Å². The summed E-state index contributed by atoms with van der Waals surface area (Å²) in [4.78, 5) is 30.1. The zero-order chi connectivity index (χ0) is 32.5. The molecule has 5 rings (SSSR count). The number of carbonyl (C=O) groups is 2. The number of halogens is 8. The van der Waals surface area contributed by atoms with Gasteiger partial charge in [-0.3, -0.25) is 14.6 Å². The van der Waals surface area contributed by atoms with E-state index in [9.17, 15) is 53.1 Å². The average molecular weight is 654 g/mol. The van der Waals surface area contributed by atoms with E-state index in [1.165, 1.54) is 4.90 Å². The number of alkyl halides is 7. The fraction of sp³-hybridized carbons (Fsp3) is 0.536. The molecule has 2 aliphatic carbocycles. The van der Waals surface area contributed by atoms with E-state index in [2.05, 4.69) is 4.98 Å². The largest absolute Gasteiger partial charge is 0.436 e. The van der Waals surface area contributed by atoms with Crippen LogP contribution >= 0.6 is 0 Å². The van der Waals surface area contributed by atoms with Crippen LogP contribution in [0.1, 0.15) is 55.3 Å². The summed E-state index contributed by atoms with van der Waals surface area (Å²) < 4.78 is 136. The first-order valence-corrected chi connectivity index (χ1v) is 15.3. The van der Waals surface area contributed by atoms with Crippen molar-refractivity contribution in [3.8, 4) is 0 Å². The number of carbonyl (C=O) groups excluding carboxylic acids is 2. The minimum Gasteiger partial charge on any atom is -0.369 e. The number of aromatic nitrogens is 1. The number of nitrogens with zero attached hydrogens (tertiary/aromatic N) is 2. The van der Waals surface area contributed by atoms with Crippen molar-refractivity contribution in [1.82, 2.24) is 9.88 Å². The van der Waals surface area contributed by atoms with Gasteiger partial charge in [-0.25, -0.2) is 17.2 Å². The standard InChI is InChI=1S/C28H27F8N3O4S/c29-19-6-8-20(9-7-19)44(42,43)25-11-12-39(24(41)16-3-1-15(2-4-16)23(37)40)21(25)10-5-17-13-18(14-38-22(17)25)26(30,27(31,32)33)28(34,35)36/h6-9,13-16,21H,1-5,10-12H2,(H2,37,40)/t15-,16-,21?,25?. The topological polar surface area (TPSA) is 110 Å². The molecule has 1 saturated heterocycles. The minimum absolute atomic E-state index is 0.0414. The molecule has 2 amide bonds. The van der Waals surface area contributed by atoms with Gasteiger partial charge in [0, 0.05) is 30.1 Å². The van der Waals surface area contributed by atoms with E-state index in [0.717, 1.165) is 24.3 Å². The van der Waals surface area contributed by atoms with Crippen LogP contribution in [0.2, 0.25) is 0 Å². The Bertz CT molecular complexity index is 1560. The van der Waals surface area contributed by atoms with Crippen LogP contribution in [0.15, 0.2) is 41.4 Å². The number of pyridine rings is 1. The van der Waals surface area contributed by atoms with Gasteiger partial charge in [0.05, 0.1) is 16.6 Å². The van der Waals surface area contributed by atoms with E-state index < -0.39 is 78.6 Å². The normalized spacial score (nSPS) is 26.2. The zero-order valence-corrected chi connectivity index (χ0v) is 23.7. The Morgan fingerprint density at radius 3 is 2.02 bits per heavy atom. The molecule has 2 N–H and O–H groups in total. The Morgan fingerprint density at radius 2 is 1.48 bits per heavy atom. The first-order valence-electron chi connectivity index (χ1n) is 13.8. The Balaban J connectivity index is 1.62. The molecular formula is C28H27F8N3O4S. The summed E-state index contributed by atoms with van der Waals surface area (Å²) in [6.45, 7) is -0.138. The molecule has 1 aromatic heterocycles. The van der Waals surface area contributed by atoms with E-state index >= 15 is 0 Å². The van der Waals surface area contributed by atoms with Gasteiger partial charge in [0.15, 0.2) is 9.84 Å². The van der Waals surface area contributed by atoms with Gasteiger partial charge in [-0.2, -0.15) is 26.3 Å². The van der Waals surface area contributed by atoms with Crippen molar-refractivity contribution in [2.45, 2.75) is 78.7 Å². The second-order valence-electron chi connectivity index (χ2n) is 11.5. The lowest BCUT2D eigenvalue weighted by Crippen LogP contribution is -2.54. The van der Waals surface area contributed by atoms with Crippen molar-refractivity contribution in [2.75, 3.05) is 6.54 Å². The highest BCUT2D eigenvalue weighted by molar-refractivity contribution is 7.92. The quantitative estimate of drug-likeness (QED) is 0.360. The lowest BCUT2D eigenvalue weighted by Gasteiger charge is -2.43. The minimum atomic E-state index is -6.40. The third-order valence-corrected chi connectivity index (χ3v) is 11.8. The predicted molar refractivity (Wildman–Crippen MR) is 137 cm³/mol. The van der Waals surface area contributed by atoms with Crippen molar-refractivity contribution in [3.63, 3.8) is 0 Å². The monoisotopic (exact) mass is 653 g/mol. The molecule has 1 saturated carbocycles. The zero-order valence-electron chi connectivity index (χ0n) is 22.9. The summed E-state index contributed by atoms with van der Waals surface area (Å²) in [5, 5.41) is 0. The summed E-state index contributed by atoms with van der Waals surface area (Å²) in [5.41, 5.74) is -2.97. The molecule has 2 aromatic rings. The number of primary amides is 1. The summed E-state index contributed by atoms with van der Waals surface area (Å²) in [6.07, 6.45) is -12.3. The molecule has 1 aromatic carbocycles. The van der Waals surface area contributed by atoms with Gasteiger partial charge in [0.1, 0.15) is 10.6 Å². The summed E-state index contributed by atoms with van der Waals surface area (Å²) in [6, 6.07) is 2.89. The maximum atomic E-state index is 14.9. The molecule has 1 aliphatic heterocycles. The number of amides is 2. The highest BCUT2D eigenvalue weighted by Crippen LogP contribution is 2.56. The predicted octanol–water partition coefficient (Wildman–Crippen LogP) is 5.02. The van der Waals surface area contributed by atoms with E-state index in [0.29, 0.717) is 31.7 Å². The molecular weight excluding hydrogens is 626 g/mol. The number of hydrogen-bond donors (Lipinski definition) is 1.